The van der Waals surface area contributed by atoms with E-state index in [1.807, 2.05) is 26.8 Å². The number of nitrogens with one attached hydrogen (secondary N) is 1. The summed E-state index contributed by atoms with van der Waals surface area (Å²) in [5, 5.41) is 0.871. The van der Waals surface area contributed by atoms with Gasteiger partial charge in [0.2, 0.25) is 5.88 Å². The number of fused-ring (bicyclic) bond motifs is 1. The van der Waals surface area contributed by atoms with Crippen LogP contribution in [0, 0.1) is 0 Å². The predicted molar refractivity (Wildman–Crippen MR) is 111 cm³/mol. The van der Waals surface area contributed by atoms with Gasteiger partial charge in [-0.15, -0.1) is 0 Å². The minimum absolute atomic E-state index is 0.120. The molecule has 0 spiro atoms. The molecule has 1 N–H and O–H groups in total. The van der Waals surface area contributed by atoms with E-state index in [0.717, 1.165) is 37.7 Å². The van der Waals surface area contributed by atoms with Crippen molar-refractivity contribution in [2.45, 2.75) is 52.2 Å². The number of hydrogen-bond donors (Lipinski definition) is 1. The number of likely N-dealkylation sites (tertiary alicyclic amines) is 1. The molecular formula is C21H31N4O4+. The summed E-state index contributed by atoms with van der Waals surface area (Å²) in [6.07, 6.45) is 2.76. The molecule has 8 nitrogen and oxygen atoms in total. The van der Waals surface area contributed by atoms with Crippen molar-refractivity contribution in [2.24, 2.45) is 0 Å². The van der Waals surface area contributed by atoms with Crippen LogP contribution in [0.5, 0.6) is 5.88 Å². The van der Waals surface area contributed by atoms with E-state index >= 15 is 0 Å². The summed E-state index contributed by atoms with van der Waals surface area (Å²) in [5.74, 6) is 0.464. The van der Waals surface area contributed by atoms with Crippen LogP contribution < -0.4 is 15.7 Å². The van der Waals surface area contributed by atoms with E-state index in [0.29, 0.717) is 29.2 Å². The Balaban J connectivity index is 1.85. The van der Waals surface area contributed by atoms with Crippen molar-refractivity contribution in [1.29, 1.82) is 0 Å². The maximum absolute atomic E-state index is 12.6. The Morgan fingerprint density at radius 2 is 1.86 bits per heavy atom. The van der Waals surface area contributed by atoms with Gasteiger partial charge in [-0.05, 0) is 52.2 Å². The minimum atomic E-state index is -0.559. The summed E-state index contributed by atoms with van der Waals surface area (Å²) in [6.45, 7) is 8.19. The van der Waals surface area contributed by atoms with Crippen LogP contribution in [0.1, 0.15) is 40.0 Å². The molecule has 3 rings (SSSR count). The van der Waals surface area contributed by atoms with Gasteiger partial charge in [-0.25, -0.2) is 9.39 Å². The zero-order chi connectivity index (χ0) is 21.1. The number of methoxy groups -OCH3 is 1. The van der Waals surface area contributed by atoms with Crippen molar-refractivity contribution >= 4 is 17.1 Å². The number of aromatic nitrogens is 2. The molecule has 158 valence electrons. The van der Waals surface area contributed by atoms with Gasteiger partial charge in [0.25, 0.3) is 5.56 Å². The second-order valence-corrected chi connectivity index (χ2v) is 8.58. The molecule has 0 atom stereocenters. The molecule has 1 aliphatic heterocycles. The van der Waals surface area contributed by atoms with E-state index in [2.05, 4.69) is 10.4 Å². The Morgan fingerprint density at radius 3 is 2.52 bits per heavy atom. The molecule has 0 saturated carbocycles. The highest BCUT2D eigenvalue weighted by atomic mass is 16.6. The number of rotatable bonds is 5. The highest BCUT2D eigenvalue weighted by Crippen LogP contribution is 2.19. The number of nitrogens with zero attached hydrogens (tertiary/aromatic N) is 3. The monoisotopic (exact) mass is 403 g/mol. The SMILES string of the molecule is COc1ccc2ccc(=O)n(CC[N+]3(NC(=O)OC(C)(C)C)CCCCC3)c2n1. The molecule has 1 aliphatic rings. The van der Waals surface area contributed by atoms with E-state index < -0.39 is 11.7 Å². The van der Waals surface area contributed by atoms with Crippen molar-refractivity contribution in [3.8, 4) is 5.88 Å². The summed E-state index contributed by atoms with van der Waals surface area (Å²) >= 11 is 0. The highest BCUT2D eigenvalue weighted by molar-refractivity contribution is 5.75. The maximum atomic E-state index is 12.6. The van der Waals surface area contributed by atoms with Gasteiger partial charge < -0.3 is 9.47 Å². The maximum Gasteiger partial charge on any atom is 0.452 e. The number of pyridine rings is 2. The van der Waals surface area contributed by atoms with Crippen molar-refractivity contribution in [3.05, 3.63) is 34.6 Å². The lowest BCUT2D eigenvalue weighted by molar-refractivity contribution is -0.966. The van der Waals surface area contributed by atoms with Crippen LogP contribution in [0.25, 0.3) is 11.0 Å². The second kappa shape index (κ2) is 8.41. The van der Waals surface area contributed by atoms with Crippen molar-refractivity contribution < 1.29 is 18.9 Å². The average molecular weight is 404 g/mol. The van der Waals surface area contributed by atoms with E-state index in [-0.39, 0.29) is 5.56 Å². The lowest BCUT2D eigenvalue weighted by Gasteiger charge is -2.40. The number of carbonyl (C=O) groups is 1. The van der Waals surface area contributed by atoms with E-state index in [9.17, 15) is 9.59 Å². The number of amides is 1. The van der Waals surface area contributed by atoms with Crippen molar-refractivity contribution in [3.63, 3.8) is 0 Å². The Bertz CT molecular complexity index is 926. The third-order valence-electron chi connectivity index (χ3n) is 5.17. The first kappa shape index (κ1) is 21.1. The molecule has 0 aromatic carbocycles. The summed E-state index contributed by atoms with van der Waals surface area (Å²) < 4.78 is 12.8. The fraction of sp³-hybridized carbons (Fsp3) is 0.571. The minimum Gasteiger partial charge on any atom is -0.481 e. The fourth-order valence-corrected chi connectivity index (χ4v) is 3.77. The van der Waals surface area contributed by atoms with E-state index in [4.69, 9.17) is 9.47 Å². The number of carbonyl (C=O) groups excluding carboxylic acids is 1. The molecule has 2 aromatic heterocycles. The molecule has 1 fully saturated rings. The molecule has 29 heavy (non-hydrogen) atoms. The van der Waals surface area contributed by atoms with Crippen molar-refractivity contribution in [2.75, 3.05) is 26.7 Å². The van der Waals surface area contributed by atoms with Gasteiger partial charge in [0.05, 0.1) is 13.7 Å². The Hall–Kier alpha value is -2.61. The number of ether oxygens (including phenoxy) is 2. The van der Waals surface area contributed by atoms with Gasteiger partial charge in [0.15, 0.2) is 0 Å². The van der Waals surface area contributed by atoms with Crippen LogP contribution in [0.3, 0.4) is 0 Å². The van der Waals surface area contributed by atoms with E-state index in [1.165, 1.54) is 0 Å². The van der Waals surface area contributed by atoms with Gasteiger partial charge >= 0.3 is 6.09 Å². The van der Waals surface area contributed by atoms with Crippen LogP contribution >= 0.6 is 0 Å². The molecule has 2 aromatic rings. The van der Waals surface area contributed by atoms with Crippen LogP contribution in [0.4, 0.5) is 4.79 Å². The molecule has 8 heteroatoms. The summed E-state index contributed by atoms with van der Waals surface area (Å²) in [5.41, 5.74) is 2.97. The average Bonchev–Trinajstić information content (AvgIpc) is 2.66. The fourth-order valence-electron chi connectivity index (χ4n) is 3.77. The van der Waals surface area contributed by atoms with Crippen LogP contribution in [0.15, 0.2) is 29.1 Å². The second-order valence-electron chi connectivity index (χ2n) is 8.58. The predicted octanol–water partition coefficient (Wildman–Crippen LogP) is 2.85. The summed E-state index contributed by atoms with van der Waals surface area (Å²) in [7, 11) is 1.55. The normalized spacial score (nSPS) is 16.4. The zero-order valence-corrected chi connectivity index (χ0v) is 17.7. The molecule has 0 aliphatic carbocycles. The number of hydrogen-bond acceptors (Lipinski definition) is 5. The van der Waals surface area contributed by atoms with Gasteiger partial charge in [0, 0.05) is 17.5 Å². The molecule has 1 saturated heterocycles. The zero-order valence-electron chi connectivity index (χ0n) is 17.7. The number of piperidine rings is 1. The first-order valence-corrected chi connectivity index (χ1v) is 10.1. The summed E-state index contributed by atoms with van der Waals surface area (Å²) in [6, 6.07) is 6.99. The van der Waals surface area contributed by atoms with Crippen LogP contribution in [-0.4, -0.2) is 52.6 Å². The lowest BCUT2D eigenvalue weighted by Crippen LogP contribution is -2.64. The van der Waals surface area contributed by atoms with Gasteiger partial charge in [-0.2, -0.15) is 10.4 Å². The molecule has 3 heterocycles. The summed E-state index contributed by atoms with van der Waals surface area (Å²) in [4.78, 5) is 29.5. The standard InChI is InChI=1S/C21H30N4O4/c1-21(2,3)29-20(27)23-25(13-6-5-7-14-25)15-12-24-18(26)11-9-16-8-10-17(28-4)22-19(16)24/h8-11H,5-7,12-15H2,1-4H3/p+1. The Labute approximate surface area is 171 Å². The molecule has 0 bridgehead atoms. The van der Waals surface area contributed by atoms with Crippen molar-refractivity contribution in [1.82, 2.24) is 15.0 Å². The smallest absolute Gasteiger partial charge is 0.452 e. The Morgan fingerprint density at radius 1 is 1.17 bits per heavy atom. The largest absolute Gasteiger partial charge is 0.481 e. The molecule has 0 radical (unpaired) electrons. The Kier molecular flexibility index (Phi) is 6.12. The third-order valence-corrected chi connectivity index (χ3v) is 5.17. The molecular weight excluding hydrogens is 372 g/mol. The lowest BCUT2D eigenvalue weighted by atomic mass is 10.1. The quantitative estimate of drug-likeness (QED) is 0.777. The third kappa shape index (κ3) is 5.26. The van der Waals surface area contributed by atoms with Crippen LogP contribution in [0.2, 0.25) is 0 Å². The van der Waals surface area contributed by atoms with Gasteiger partial charge in [0.1, 0.15) is 30.9 Å². The molecule has 0 unspecified atom stereocenters. The van der Waals surface area contributed by atoms with E-state index in [1.54, 1.807) is 29.9 Å². The highest BCUT2D eigenvalue weighted by Gasteiger charge is 2.34. The van der Waals surface area contributed by atoms with Gasteiger partial charge in [-0.1, -0.05) is 0 Å². The number of quaternary nitrogens is 1. The molecule has 1 amide bonds. The first-order valence-electron chi connectivity index (χ1n) is 10.1. The van der Waals surface area contributed by atoms with Gasteiger partial charge in [-0.3, -0.25) is 9.36 Å². The van der Waals surface area contributed by atoms with Crippen LogP contribution in [-0.2, 0) is 11.3 Å². The topological polar surface area (TPSA) is 82.5 Å². The first-order chi connectivity index (χ1) is 13.7.